The van der Waals surface area contributed by atoms with Crippen LogP contribution in [0.15, 0.2) is 30.3 Å². The van der Waals surface area contributed by atoms with Gasteiger partial charge in [0.1, 0.15) is 0 Å². The molecule has 2 aromatic carbocycles. The molecule has 2 aromatic rings. The molecule has 0 saturated heterocycles. The summed E-state index contributed by atoms with van der Waals surface area (Å²) in [7, 11) is 0. The zero-order chi connectivity index (χ0) is 14.2. The number of carbonyl (C=O) groups excluding carboxylic acids is 1. The van der Waals surface area contributed by atoms with E-state index in [2.05, 4.69) is 0 Å². The third-order valence-electron chi connectivity index (χ3n) is 2.61. The minimum atomic E-state index is -0.797. The van der Waals surface area contributed by atoms with Gasteiger partial charge in [0.2, 0.25) is 5.75 Å². The molecule has 5 N–H and O–H groups in total. The van der Waals surface area contributed by atoms with Crippen LogP contribution in [-0.2, 0) is 0 Å². The van der Waals surface area contributed by atoms with Crippen LogP contribution in [0.4, 0.5) is 0 Å². The largest absolute Gasteiger partial charge is 0.504 e. The van der Waals surface area contributed by atoms with Gasteiger partial charge in [0.05, 0.1) is 5.56 Å². The van der Waals surface area contributed by atoms with E-state index in [0.29, 0.717) is 0 Å². The Morgan fingerprint density at radius 1 is 0.737 bits per heavy atom. The molecule has 0 spiro atoms. The lowest BCUT2D eigenvalue weighted by molar-refractivity contribution is 0.103. The summed E-state index contributed by atoms with van der Waals surface area (Å²) >= 11 is 0. The third kappa shape index (κ3) is 2.11. The van der Waals surface area contributed by atoms with Gasteiger partial charge >= 0.3 is 0 Å². The molecule has 19 heavy (non-hydrogen) atoms. The summed E-state index contributed by atoms with van der Waals surface area (Å²) in [6.45, 7) is 0. The van der Waals surface area contributed by atoms with Crippen LogP contribution in [0.25, 0.3) is 0 Å². The molecule has 2 rings (SSSR count). The number of aromatic hydroxyl groups is 5. The summed E-state index contributed by atoms with van der Waals surface area (Å²) in [4.78, 5) is 12.0. The highest BCUT2D eigenvalue weighted by Gasteiger charge is 2.19. The van der Waals surface area contributed by atoms with Crippen molar-refractivity contribution >= 4 is 5.78 Å². The fraction of sp³-hybridized carbons (Fsp3) is 0. The SMILES string of the molecule is O=C(c1ccc(O)c(O)c1)c1ccc(O)c(O)c1O. The Balaban J connectivity index is 2.50. The van der Waals surface area contributed by atoms with E-state index in [9.17, 15) is 20.1 Å². The Hall–Kier alpha value is -2.89. The minimum absolute atomic E-state index is 0.00990. The van der Waals surface area contributed by atoms with E-state index in [0.717, 1.165) is 24.3 Å². The first kappa shape index (κ1) is 12.6. The average molecular weight is 262 g/mol. The molecule has 0 amide bonds. The van der Waals surface area contributed by atoms with E-state index in [4.69, 9.17) is 10.2 Å². The molecule has 0 aliphatic rings. The first-order chi connectivity index (χ1) is 8.91. The van der Waals surface area contributed by atoms with Crippen LogP contribution in [0.3, 0.4) is 0 Å². The Morgan fingerprint density at radius 2 is 1.37 bits per heavy atom. The molecule has 0 bridgehead atoms. The van der Waals surface area contributed by atoms with Crippen molar-refractivity contribution in [2.24, 2.45) is 0 Å². The van der Waals surface area contributed by atoms with Crippen LogP contribution < -0.4 is 0 Å². The Morgan fingerprint density at radius 3 is 2.00 bits per heavy atom. The lowest BCUT2D eigenvalue weighted by atomic mass is 10.0. The Labute approximate surface area is 107 Å². The van der Waals surface area contributed by atoms with Gasteiger partial charge in [0.25, 0.3) is 0 Å². The fourth-order valence-corrected chi connectivity index (χ4v) is 1.57. The monoisotopic (exact) mass is 262 g/mol. The molecule has 0 aliphatic heterocycles. The van der Waals surface area contributed by atoms with Crippen LogP contribution in [0, 0.1) is 0 Å². The van der Waals surface area contributed by atoms with Crippen LogP contribution in [0.1, 0.15) is 15.9 Å². The summed E-state index contributed by atoms with van der Waals surface area (Å²) < 4.78 is 0. The van der Waals surface area contributed by atoms with Crippen LogP contribution >= 0.6 is 0 Å². The minimum Gasteiger partial charge on any atom is -0.504 e. The van der Waals surface area contributed by atoms with Crippen molar-refractivity contribution < 1.29 is 30.3 Å². The first-order valence-electron chi connectivity index (χ1n) is 5.22. The van der Waals surface area contributed by atoms with Gasteiger partial charge in [-0.15, -0.1) is 0 Å². The van der Waals surface area contributed by atoms with Crippen LogP contribution in [0.2, 0.25) is 0 Å². The second kappa shape index (κ2) is 4.41. The summed E-state index contributed by atoms with van der Waals surface area (Å²) in [5.41, 5.74) is -0.226. The number of hydrogen-bond donors (Lipinski definition) is 5. The van der Waals surface area contributed by atoms with Gasteiger partial charge in [-0.1, -0.05) is 0 Å². The number of rotatable bonds is 2. The first-order valence-corrected chi connectivity index (χ1v) is 5.22. The van der Waals surface area contributed by atoms with Crippen molar-refractivity contribution in [2.75, 3.05) is 0 Å². The third-order valence-corrected chi connectivity index (χ3v) is 2.61. The van der Waals surface area contributed by atoms with Gasteiger partial charge in [-0.2, -0.15) is 0 Å². The second-order valence-electron chi connectivity index (χ2n) is 3.86. The van der Waals surface area contributed by atoms with E-state index in [-0.39, 0.29) is 16.9 Å². The maximum Gasteiger partial charge on any atom is 0.201 e. The maximum absolute atomic E-state index is 12.0. The highest BCUT2D eigenvalue weighted by atomic mass is 16.3. The fourth-order valence-electron chi connectivity index (χ4n) is 1.57. The maximum atomic E-state index is 12.0. The second-order valence-corrected chi connectivity index (χ2v) is 3.86. The van der Waals surface area contributed by atoms with Crippen molar-refractivity contribution in [3.05, 3.63) is 41.5 Å². The summed E-state index contributed by atoms with van der Waals surface area (Å²) in [6.07, 6.45) is 0. The number of hydrogen-bond acceptors (Lipinski definition) is 6. The summed E-state index contributed by atoms with van der Waals surface area (Å²) in [6, 6.07) is 5.60. The molecule has 0 heterocycles. The normalized spacial score (nSPS) is 10.3. The quantitative estimate of drug-likeness (QED) is 0.413. The van der Waals surface area contributed by atoms with Gasteiger partial charge in [-0.05, 0) is 30.3 Å². The predicted octanol–water partition coefficient (Wildman–Crippen LogP) is 1.45. The molecule has 0 aliphatic carbocycles. The van der Waals surface area contributed by atoms with Crippen LogP contribution in [0.5, 0.6) is 28.7 Å². The molecule has 6 heteroatoms. The molecule has 0 unspecified atom stereocenters. The lowest BCUT2D eigenvalue weighted by Crippen LogP contribution is -2.01. The van der Waals surface area contributed by atoms with Gasteiger partial charge < -0.3 is 25.5 Å². The van der Waals surface area contributed by atoms with Crippen molar-refractivity contribution in [2.45, 2.75) is 0 Å². The lowest BCUT2D eigenvalue weighted by Gasteiger charge is -2.07. The number of ketones is 1. The highest BCUT2D eigenvalue weighted by molar-refractivity contribution is 6.11. The molecular formula is C13H10O6. The molecule has 0 saturated carbocycles. The topological polar surface area (TPSA) is 118 Å². The van der Waals surface area contributed by atoms with E-state index in [1.165, 1.54) is 6.07 Å². The smallest absolute Gasteiger partial charge is 0.201 e. The standard InChI is InChI=1S/C13H10O6/c14-8-3-1-6(5-10(8)16)11(17)7-2-4-9(15)13(19)12(7)18/h1-5,14-16,18-19H. The van der Waals surface area contributed by atoms with Gasteiger partial charge in [-0.3, -0.25) is 4.79 Å². The number of carbonyl (C=O) groups is 1. The summed E-state index contributed by atoms with van der Waals surface area (Å²) in [5.74, 6) is -3.64. The Kier molecular flexibility index (Phi) is 2.92. The van der Waals surface area contributed by atoms with Crippen molar-refractivity contribution in [3.63, 3.8) is 0 Å². The van der Waals surface area contributed by atoms with Crippen molar-refractivity contribution in [3.8, 4) is 28.7 Å². The van der Waals surface area contributed by atoms with E-state index in [1.807, 2.05) is 0 Å². The number of benzene rings is 2. The van der Waals surface area contributed by atoms with Crippen LogP contribution in [-0.4, -0.2) is 31.3 Å². The predicted molar refractivity (Wildman–Crippen MR) is 64.6 cm³/mol. The zero-order valence-corrected chi connectivity index (χ0v) is 9.53. The van der Waals surface area contributed by atoms with E-state index >= 15 is 0 Å². The number of phenols is 5. The summed E-state index contributed by atoms with van der Waals surface area (Å²) in [5, 5.41) is 46.6. The highest BCUT2D eigenvalue weighted by Crippen LogP contribution is 2.38. The molecule has 0 aromatic heterocycles. The molecule has 98 valence electrons. The van der Waals surface area contributed by atoms with Crippen molar-refractivity contribution in [1.29, 1.82) is 0 Å². The molecule has 0 atom stereocenters. The number of phenolic OH excluding ortho intramolecular Hbond substituents is 5. The zero-order valence-electron chi connectivity index (χ0n) is 9.53. The molecular weight excluding hydrogens is 252 g/mol. The average Bonchev–Trinajstić information content (AvgIpc) is 2.39. The molecule has 0 radical (unpaired) electrons. The van der Waals surface area contributed by atoms with Gasteiger partial charge in [0, 0.05) is 5.56 Å². The van der Waals surface area contributed by atoms with Gasteiger partial charge in [0.15, 0.2) is 28.8 Å². The molecule has 0 fully saturated rings. The Bertz CT molecular complexity index is 662. The van der Waals surface area contributed by atoms with Crippen molar-refractivity contribution in [1.82, 2.24) is 0 Å². The van der Waals surface area contributed by atoms with E-state index in [1.54, 1.807) is 0 Å². The molecule has 6 nitrogen and oxygen atoms in total. The van der Waals surface area contributed by atoms with Gasteiger partial charge in [-0.25, -0.2) is 0 Å². The van der Waals surface area contributed by atoms with E-state index < -0.39 is 28.8 Å².